The second kappa shape index (κ2) is 6.55. The molecule has 1 fully saturated rings. The normalized spacial score (nSPS) is 17.6. The summed E-state index contributed by atoms with van der Waals surface area (Å²) >= 11 is 0. The first-order chi connectivity index (χ1) is 12.6. The summed E-state index contributed by atoms with van der Waals surface area (Å²) < 4.78 is 0. The van der Waals surface area contributed by atoms with Gasteiger partial charge in [0.25, 0.3) is 5.91 Å². The van der Waals surface area contributed by atoms with E-state index in [1.165, 1.54) is 6.20 Å². The number of rotatable bonds is 2. The van der Waals surface area contributed by atoms with Crippen molar-refractivity contribution >= 4 is 28.5 Å². The highest BCUT2D eigenvalue weighted by atomic mass is 16.2. The maximum absolute atomic E-state index is 12.9. The third-order valence-corrected chi connectivity index (χ3v) is 4.65. The predicted octanol–water partition coefficient (Wildman–Crippen LogP) is 2.51. The molecule has 1 saturated heterocycles. The van der Waals surface area contributed by atoms with Crippen molar-refractivity contribution in [3.63, 3.8) is 0 Å². The number of benzene rings is 2. The molecule has 1 atom stereocenters. The van der Waals surface area contributed by atoms with Crippen molar-refractivity contribution in [1.82, 2.24) is 14.9 Å². The van der Waals surface area contributed by atoms with Crippen molar-refractivity contribution < 1.29 is 9.59 Å². The molecule has 0 spiro atoms. The van der Waals surface area contributed by atoms with Crippen molar-refractivity contribution in [3.8, 4) is 0 Å². The lowest BCUT2D eigenvalue weighted by molar-refractivity contribution is -0.124. The summed E-state index contributed by atoms with van der Waals surface area (Å²) in [5, 5.41) is 0. The highest BCUT2D eigenvalue weighted by molar-refractivity contribution is 6.03. The molecule has 0 unspecified atom stereocenters. The minimum atomic E-state index is -0.551. The van der Waals surface area contributed by atoms with E-state index in [4.69, 9.17) is 0 Å². The van der Waals surface area contributed by atoms with Gasteiger partial charge in [0.15, 0.2) is 0 Å². The van der Waals surface area contributed by atoms with E-state index < -0.39 is 6.04 Å². The molecule has 0 N–H and O–H groups in total. The molecule has 0 bridgehead atoms. The van der Waals surface area contributed by atoms with Crippen LogP contribution in [0.15, 0.2) is 60.8 Å². The summed E-state index contributed by atoms with van der Waals surface area (Å²) in [6, 6.07) is 16.4. The molecule has 0 saturated carbocycles. The van der Waals surface area contributed by atoms with Crippen molar-refractivity contribution in [1.29, 1.82) is 0 Å². The molecule has 3 aromatic rings. The van der Waals surface area contributed by atoms with Gasteiger partial charge in [-0.3, -0.25) is 14.6 Å². The summed E-state index contributed by atoms with van der Waals surface area (Å²) in [4.78, 5) is 37.7. The number of anilines is 1. The molecule has 4 rings (SSSR count). The molecule has 0 radical (unpaired) electrons. The lowest BCUT2D eigenvalue weighted by Gasteiger charge is -2.38. The fraction of sp³-hybridized carbons (Fsp3) is 0.200. The SMILES string of the molecule is C[C@@H]1C(=O)N(c2ccccc2)CCN1C(=O)c1cnc2ccccc2n1. The summed E-state index contributed by atoms with van der Waals surface area (Å²) in [6.45, 7) is 2.67. The molecule has 1 aliphatic heterocycles. The van der Waals surface area contributed by atoms with Gasteiger partial charge in [0.1, 0.15) is 11.7 Å². The largest absolute Gasteiger partial charge is 0.324 e. The van der Waals surface area contributed by atoms with E-state index in [9.17, 15) is 9.59 Å². The van der Waals surface area contributed by atoms with E-state index in [-0.39, 0.29) is 17.5 Å². The van der Waals surface area contributed by atoms with Crippen LogP contribution in [0.3, 0.4) is 0 Å². The second-order valence-corrected chi connectivity index (χ2v) is 6.24. The van der Waals surface area contributed by atoms with E-state index >= 15 is 0 Å². The quantitative estimate of drug-likeness (QED) is 0.715. The molecule has 6 heteroatoms. The molecule has 2 amide bonds. The number of para-hydroxylation sites is 3. The van der Waals surface area contributed by atoms with Crippen LogP contribution in [0.5, 0.6) is 0 Å². The van der Waals surface area contributed by atoms with Gasteiger partial charge >= 0.3 is 0 Å². The first-order valence-corrected chi connectivity index (χ1v) is 8.54. The molecular weight excluding hydrogens is 328 g/mol. The lowest BCUT2D eigenvalue weighted by atomic mass is 10.1. The Morgan fingerprint density at radius 2 is 1.69 bits per heavy atom. The molecular formula is C20H18N4O2. The zero-order chi connectivity index (χ0) is 18.1. The Morgan fingerprint density at radius 3 is 2.46 bits per heavy atom. The number of carbonyl (C=O) groups excluding carboxylic acids is 2. The van der Waals surface area contributed by atoms with Gasteiger partial charge in [-0.25, -0.2) is 4.98 Å². The van der Waals surface area contributed by atoms with Crippen LogP contribution in [0, 0.1) is 0 Å². The van der Waals surface area contributed by atoms with Gasteiger partial charge in [0.2, 0.25) is 5.91 Å². The average molecular weight is 346 g/mol. The van der Waals surface area contributed by atoms with E-state index in [0.717, 1.165) is 11.2 Å². The van der Waals surface area contributed by atoms with Gasteiger partial charge in [0, 0.05) is 18.8 Å². The summed E-state index contributed by atoms with van der Waals surface area (Å²) in [6.07, 6.45) is 1.48. The predicted molar refractivity (Wildman–Crippen MR) is 98.8 cm³/mol. The van der Waals surface area contributed by atoms with Crippen molar-refractivity contribution in [2.75, 3.05) is 18.0 Å². The number of piperazine rings is 1. The molecule has 1 aromatic heterocycles. The first kappa shape index (κ1) is 16.2. The van der Waals surface area contributed by atoms with Crippen molar-refractivity contribution in [2.24, 2.45) is 0 Å². The van der Waals surface area contributed by atoms with E-state index in [2.05, 4.69) is 9.97 Å². The summed E-state index contributed by atoms with van der Waals surface area (Å²) in [7, 11) is 0. The first-order valence-electron chi connectivity index (χ1n) is 8.54. The van der Waals surface area contributed by atoms with Gasteiger partial charge in [-0.15, -0.1) is 0 Å². The highest BCUT2D eigenvalue weighted by Crippen LogP contribution is 2.21. The number of carbonyl (C=O) groups is 2. The van der Waals surface area contributed by atoms with Crippen LogP contribution in [-0.2, 0) is 4.79 Å². The van der Waals surface area contributed by atoms with Gasteiger partial charge in [-0.1, -0.05) is 30.3 Å². The maximum Gasteiger partial charge on any atom is 0.274 e. The molecule has 2 heterocycles. The molecule has 0 aliphatic carbocycles. The minimum absolute atomic E-state index is 0.0930. The third-order valence-electron chi connectivity index (χ3n) is 4.65. The monoisotopic (exact) mass is 346 g/mol. The zero-order valence-corrected chi connectivity index (χ0v) is 14.4. The molecule has 26 heavy (non-hydrogen) atoms. The Kier molecular flexibility index (Phi) is 4.08. The number of hydrogen-bond acceptors (Lipinski definition) is 4. The highest BCUT2D eigenvalue weighted by Gasteiger charge is 2.35. The number of fused-ring (bicyclic) bond motifs is 1. The molecule has 6 nitrogen and oxygen atoms in total. The van der Waals surface area contributed by atoms with Gasteiger partial charge in [0.05, 0.1) is 17.2 Å². The topological polar surface area (TPSA) is 66.4 Å². The molecule has 1 aliphatic rings. The Balaban J connectivity index is 1.58. The van der Waals surface area contributed by atoms with E-state index in [0.29, 0.717) is 18.6 Å². The molecule has 130 valence electrons. The van der Waals surface area contributed by atoms with Crippen LogP contribution in [0.25, 0.3) is 11.0 Å². The number of amides is 2. The average Bonchev–Trinajstić information content (AvgIpc) is 2.70. The lowest BCUT2D eigenvalue weighted by Crippen LogP contribution is -2.57. The Labute approximate surface area is 151 Å². The zero-order valence-electron chi connectivity index (χ0n) is 14.4. The van der Waals surface area contributed by atoms with Crippen molar-refractivity contribution in [3.05, 3.63) is 66.5 Å². The van der Waals surface area contributed by atoms with Crippen LogP contribution < -0.4 is 4.90 Å². The fourth-order valence-corrected chi connectivity index (χ4v) is 3.22. The summed E-state index contributed by atoms with van der Waals surface area (Å²) in [5.74, 6) is -0.360. The number of nitrogens with zero attached hydrogens (tertiary/aromatic N) is 4. The smallest absolute Gasteiger partial charge is 0.274 e. The van der Waals surface area contributed by atoms with Crippen LogP contribution in [0.2, 0.25) is 0 Å². The van der Waals surface area contributed by atoms with Gasteiger partial charge < -0.3 is 9.80 Å². The Bertz CT molecular complexity index is 974. The maximum atomic E-state index is 12.9. The van der Waals surface area contributed by atoms with E-state index in [1.807, 2.05) is 54.6 Å². The van der Waals surface area contributed by atoms with E-state index in [1.54, 1.807) is 16.7 Å². The van der Waals surface area contributed by atoms with Crippen LogP contribution in [0.1, 0.15) is 17.4 Å². The second-order valence-electron chi connectivity index (χ2n) is 6.24. The number of hydrogen-bond donors (Lipinski definition) is 0. The fourth-order valence-electron chi connectivity index (χ4n) is 3.22. The number of aromatic nitrogens is 2. The van der Waals surface area contributed by atoms with Crippen LogP contribution in [-0.4, -0.2) is 45.8 Å². The third kappa shape index (κ3) is 2.79. The van der Waals surface area contributed by atoms with Crippen LogP contribution >= 0.6 is 0 Å². The Morgan fingerprint density at radius 1 is 1.00 bits per heavy atom. The molecule has 2 aromatic carbocycles. The minimum Gasteiger partial charge on any atom is -0.324 e. The van der Waals surface area contributed by atoms with Gasteiger partial charge in [-0.2, -0.15) is 0 Å². The Hall–Kier alpha value is -3.28. The van der Waals surface area contributed by atoms with Gasteiger partial charge in [-0.05, 0) is 31.2 Å². The van der Waals surface area contributed by atoms with Crippen LogP contribution in [0.4, 0.5) is 5.69 Å². The summed E-state index contributed by atoms with van der Waals surface area (Å²) in [5.41, 5.74) is 2.51. The standard InChI is InChI=1S/C20H18N4O2/c1-14-19(25)24(15-7-3-2-4-8-15)12-11-23(14)20(26)18-13-21-16-9-5-6-10-17(16)22-18/h2-10,13-14H,11-12H2,1H3/t14-/m1/s1. The van der Waals surface area contributed by atoms with Crippen molar-refractivity contribution in [2.45, 2.75) is 13.0 Å².